The van der Waals surface area contributed by atoms with E-state index < -0.39 is 5.91 Å². The second-order valence-electron chi connectivity index (χ2n) is 7.18. The van der Waals surface area contributed by atoms with E-state index in [9.17, 15) is 14.4 Å². The van der Waals surface area contributed by atoms with E-state index in [1.54, 1.807) is 18.2 Å². The average Bonchev–Trinajstić information content (AvgIpc) is 3.17. The minimum atomic E-state index is -0.499. The third-order valence-electron chi connectivity index (χ3n) is 6.15. The first kappa shape index (κ1) is 14.2. The highest BCUT2D eigenvalue weighted by molar-refractivity contribution is 6.31. The number of halogens is 1. The molecular weight excluding hydrogens is 328 g/mol. The Kier molecular flexibility index (Phi) is 2.65. The molecule has 1 aliphatic heterocycles. The van der Waals surface area contributed by atoms with Gasteiger partial charge in [0.1, 0.15) is 0 Å². The Morgan fingerprint density at radius 3 is 2.29 bits per heavy atom. The molecule has 5 nitrogen and oxygen atoms in total. The molecule has 1 saturated heterocycles. The van der Waals surface area contributed by atoms with E-state index in [4.69, 9.17) is 11.6 Å². The molecule has 122 valence electrons. The highest BCUT2D eigenvalue weighted by Crippen LogP contribution is 2.73. The Morgan fingerprint density at radius 2 is 1.75 bits per heavy atom. The first-order valence-corrected chi connectivity index (χ1v) is 8.53. The van der Waals surface area contributed by atoms with Gasteiger partial charge in [0.2, 0.25) is 0 Å². The number of carbonyl (C=O) groups excluding carboxylic acids is 3. The molecule has 3 aliphatic carbocycles. The van der Waals surface area contributed by atoms with Crippen LogP contribution in [0.2, 0.25) is 5.02 Å². The van der Waals surface area contributed by atoms with E-state index in [1.165, 1.54) is 6.07 Å². The largest absolute Gasteiger partial charge is 0.272 e. The molecule has 4 aliphatic rings. The van der Waals surface area contributed by atoms with Gasteiger partial charge in [0.25, 0.3) is 17.7 Å². The van der Waals surface area contributed by atoms with E-state index in [0.29, 0.717) is 10.6 Å². The van der Waals surface area contributed by atoms with Crippen LogP contribution in [0.3, 0.4) is 0 Å². The van der Waals surface area contributed by atoms with Crippen LogP contribution in [0.5, 0.6) is 0 Å². The molecule has 2 saturated carbocycles. The highest BCUT2D eigenvalue weighted by atomic mass is 35.5. The van der Waals surface area contributed by atoms with Crippen molar-refractivity contribution >= 4 is 29.3 Å². The fraction of sp³-hybridized carbons (Fsp3) is 0.389. The van der Waals surface area contributed by atoms with Crippen LogP contribution in [0.1, 0.15) is 23.2 Å². The molecule has 1 heterocycles. The van der Waals surface area contributed by atoms with E-state index >= 15 is 0 Å². The van der Waals surface area contributed by atoms with Crippen LogP contribution < -0.4 is 5.43 Å². The van der Waals surface area contributed by atoms with Gasteiger partial charge in [0.05, 0.1) is 11.8 Å². The molecule has 5 rings (SSSR count). The summed E-state index contributed by atoms with van der Waals surface area (Å²) in [4.78, 5) is 37.9. The lowest BCUT2D eigenvalue weighted by atomic mass is 9.85. The zero-order valence-corrected chi connectivity index (χ0v) is 13.5. The van der Waals surface area contributed by atoms with Crippen LogP contribution in [0.4, 0.5) is 0 Å². The van der Waals surface area contributed by atoms with E-state index in [-0.39, 0.29) is 40.9 Å². The Labute approximate surface area is 143 Å². The zero-order valence-electron chi connectivity index (χ0n) is 12.7. The number of nitrogens with zero attached hydrogens (tertiary/aromatic N) is 1. The van der Waals surface area contributed by atoms with Gasteiger partial charge >= 0.3 is 0 Å². The average molecular weight is 343 g/mol. The van der Waals surface area contributed by atoms with Crippen molar-refractivity contribution in [1.82, 2.24) is 10.4 Å². The maximum Gasteiger partial charge on any atom is 0.270 e. The number of amides is 3. The van der Waals surface area contributed by atoms with Crippen molar-refractivity contribution in [1.29, 1.82) is 0 Å². The first-order valence-electron chi connectivity index (χ1n) is 8.16. The summed E-state index contributed by atoms with van der Waals surface area (Å²) in [5.41, 5.74) is 2.95. The molecule has 3 amide bonds. The summed E-state index contributed by atoms with van der Waals surface area (Å²) in [7, 11) is 0. The molecule has 1 aromatic rings. The lowest BCUT2D eigenvalue weighted by molar-refractivity contribution is -0.144. The van der Waals surface area contributed by atoms with Gasteiger partial charge in [0.15, 0.2) is 0 Å². The summed E-state index contributed by atoms with van der Waals surface area (Å²) in [5, 5.41) is 1.36. The van der Waals surface area contributed by atoms with Gasteiger partial charge in [-0.2, -0.15) is 5.01 Å². The fourth-order valence-electron chi connectivity index (χ4n) is 4.98. The van der Waals surface area contributed by atoms with Gasteiger partial charge < -0.3 is 0 Å². The van der Waals surface area contributed by atoms with Crippen molar-refractivity contribution < 1.29 is 14.4 Å². The number of carbonyl (C=O) groups is 3. The Bertz CT molecular complexity index is 795. The molecule has 0 radical (unpaired) electrons. The van der Waals surface area contributed by atoms with E-state index in [1.807, 2.05) is 0 Å². The lowest BCUT2D eigenvalue weighted by Gasteiger charge is -2.22. The zero-order chi connectivity index (χ0) is 16.6. The third kappa shape index (κ3) is 1.63. The van der Waals surface area contributed by atoms with Crippen molar-refractivity contribution in [2.75, 3.05) is 0 Å². The standard InChI is InChI=1S/C18H15ClN2O3/c19-10-3-1-2-9(8-10)15(22)20-21-16(23)13-11-4-5-12(14(13)17(21)24)18(11)6-7-18/h1-5,8,11-14H,6-7H2,(H,20,22)/t11-,12-,13-,14+/m0/s1. The smallest absolute Gasteiger partial charge is 0.270 e. The molecule has 0 unspecified atom stereocenters. The van der Waals surface area contributed by atoms with Crippen molar-refractivity contribution in [2.45, 2.75) is 12.8 Å². The van der Waals surface area contributed by atoms with Crippen LogP contribution in [0, 0.1) is 29.1 Å². The molecule has 3 fully saturated rings. The van der Waals surface area contributed by atoms with Crippen LogP contribution >= 0.6 is 11.6 Å². The Balaban J connectivity index is 1.41. The number of hydrogen-bond acceptors (Lipinski definition) is 3. The minimum Gasteiger partial charge on any atom is -0.272 e. The third-order valence-corrected chi connectivity index (χ3v) is 6.39. The maximum atomic E-state index is 12.8. The van der Waals surface area contributed by atoms with Crippen LogP contribution in [0.25, 0.3) is 0 Å². The van der Waals surface area contributed by atoms with Gasteiger partial charge in [-0.3, -0.25) is 19.8 Å². The van der Waals surface area contributed by atoms with Gasteiger partial charge in [-0.05, 0) is 48.3 Å². The number of allylic oxidation sites excluding steroid dienone is 2. The summed E-state index contributed by atoms with van der Waals surface area (Å²) in [5.74, 6) is -1.37. The van der Waals surface area contributed by atoms with Gasteiger partial charge in [-0.1, -0.05) is 29.8 Å². The molecule has 2 bridgehead atoms. The highest BCUT2D eigenvalue weighted by Gasteiger charge is 2.73. The molecular formula is C18H15ClN2O3. The normalized spacial score (nSPS) is 34.1. The minimum absolute atomic E-state index is 0.150. The number of benzene rings is 1. The quantitative estimate of drug-likeness (QED) is 0.661. The Hall–Kier alpha value is -2.14. The number of imide groups is 1. The molecule has 6 heteroatoms. The summed E-state index contributed by atoms with van der Waals surface area (Å²) in [6, 6.07) is 6.42. The Morgan fingerprint density at radius 1 is 1.12 bits per heavy atom. The number of hydrogen-bond donors (Lipinski definition) is 1. The summed E-state index contributed by atoms with van der Waals surface area (Å²) in [6.45, 7) is 0. The monoisotopic (exact) mass is 342 g/mol. The van der Waals surface area contributed by atoms with Gasteiger partial charge in [-0.15, -0.1) is 0 Å². The molecule has 1 aromatic carbocycles. The second-order valence-corrected chi connectivity index (χ2v) is 7.62. The molecule has 24 heavy (non-hydrogen) atoms. The summed E-state index contributed by atoms with van der Waals surface area (Å²) >= 11 is 5.89. The molecule has 1 spiro atoms. The molecule has 0 aromatic heterocycles. The topological polar surface area (TPSA) is 66.5 Å². The number of nitrogens with one attached hydrogen (secondary N) is 1. The van der Waals surface area contributed by atoms with Crippen LogP contribution in [0.15, 0.2) is 36.4 Å². The first-order chi connectivity index (χ1) is 11.5. The molecule has 4 atom stereocenters. The van der Waals surface area contributed by atoms with Crippen molar-refractivity contribution in [3.8, 4) is 0 Å². The van der Waals surface area contributed by atoms with E-state index in [2.05, 4.69) is 17.6 Å². The van der Waals surface area contributed by atoms with Crippen molar-refractivity contribution in [2.24, 2.45) is 29.1 Å². The fourth-order valence-corrected chi connectivity index (χ4v) is 5.17. The summed E-state index contributed by atoms with van der Waals surface area (Å²) < 4.78 is 0. The van der Waals surface area contributed by atoms with Crippen molar-refractivity contribution in [3.05, 3.63) is 47.0 Å². The van der Waals surface area contributed by atoms with Crippen LogP contribution in [-0.4, -0.2) is 22.7 Å². The summed E-state index contributed by atoms with van der Waals surface area (Å²) in [6.07, 6.45) is 6.40. The van der Waals surface area contributed by atoms with Crippen LogP contribution in [-0.2, 0) is 9.59 Å². The van der Waals surface area contributed by atoms with E-state index in [0.717, 1.165) is 17.9 Å². The number of fused-ring (bicyclic) bond motifs is 3. The second kappa shape index (κ2) is 4.48. The van der Waals surface area contributed by atoms with Gasteiger partial charge in [-0.25, -0.2) is 0 Å². The predicted octanol–water partition coefficient (Wildman–Crippen LogP) is 2.18. The molecule has 1 N–H and O–H groups in total. The SMILES string of the molecule is O=C(NN1C(=O)[C@@H]2[C@H](C1=O)[C@@H]1C=C[C@@H]2C12CC2)c1cccc(Cl)c1. The number of rotatable bonds is 2. The van der Waals surface area contributed by atoms with Gasteiger partial charge in [0, 0.05) is 10.6 Å². The maximum absolute atomic E-state index is 12.8. The van der Waals surface area contributed by atoms with Crippen molar-refractivity contribution in [3.63, 3.8) is 0 Å². The predicted molar refractivity (Wildman–Crippen MR) is 85.5 cm³/mol. The lowest BCUT2D eigenvalue weighted by Crippen LogP contribution is -2.47. The number of hydrazine groups is 1.